The van der Waals surface area contributed by atoms with Crippen molar-refractivity contribution in [2.75, 3.05) is 19.6 Å². The van der Waals surface area contributed by atoms with Crippen molar-refractivity contribution in [3.63, 3.8) is 0 Å². The van der Waals surface area contributed by atoms with Crippen molar-refractivity contribution in [3.05, 3.63) is 35.4 Å². The first-order chi connectivity index (χ1) is 8.16. The molecule has 1 aromatic rings. The van der Waals surface area contributed by atoms with Crippen LogP contribution in [0.4, 0.5) is 0 Å². The van der Waals surface area contributed by atoms with Gasteiger partial charge in [-0.3, -0.25) is 4.90 Å². The first kappa shape index (κ1) is 12.6. The van der Waals surface area contributed by atoms with Gasteiger partial charge in [0.15, 0.2) is 0 Å². The zero-order valence-corrected chi connectivity index (χ0v) is 11.2. The summed E-state index contributed by atoms with van der Waals surface area (Å²) in [4.78, 5) is 2.58. The van der Waals surface area contributed by atoms with Crippen LogP contribution in [0.5, 0.6) is 0 Å². The van der Waals surface area contributed by atoms with Crippen molar-refractivity contribution in [2.24, 2.45) is 0 Å². The lowest BCUT2D eigenvalue weighted by molar-refractivity contribution is 0.224. The molecule has 2 unspecified atom stereocenters. The van der Waals surface area contributed by atoms with Crippen LogP contribution in [0.1, 0.15) is 37.4 Å². The van der Waals surface area contributed by atoms with E-state index in [0.717, 1.165) is 13.1 Å². The molecule has 1 heterocycles. The summed E-state index contributed by atoms with van der Waals surface area (Å²) in [7, 11) is 0. The number of hydrogen-bond donors (Lipinski definition) is 1. The maximum Gasteiger partial charge on any atom is 0.0320 e. The number of benzene rings is 1. The molecule has 0 bridgehead atoms. The molecular formula is C15H24N2. The standard InChI is InChI=1S/C15H24N2/c1-12-4-6-15(7-5-12)14(3)17-10-8-13(2)16-9-11-17/h4-7,13-14,16H,8-11H2,1-3H3. The minimum Gasteiger partial charge on any atom is -0.313 e. The van der Waals surface area contributed by atoms with Crippen LogP contribution in [0.15, 0.2) is 24.3 Å². The molecule has 0 aliphatic carbocycles. The first-order valence-electron chi connectivity index (χ1n) is 6.71. The Bertz CT molecular complexity index is 344. The fraction of sp³-hybridized carbons (Fsp3) is 0.600. The summed E-state index contributed by atoms with van der Waals surface area (Å²) in [6, 6.07) is 10.1. The quantitative estimate of drug-likeness (QED) is 0.843. The number of nitrogens with one attached hydrogen (secondary N) is 1. The molecule has 0 aromatic heterocycles. The van der Waals surface area contributed by atoms with E-state index < -0.39 is 0 Å². The molecule has 2 heteroatoms. The van der Waals surface area contributed by atoms with E-state index in [1.165, 1.54) is 24.1 Å². The van der Waals surface area contributed by atoms with E-state index in [0.29, 0.717) is 12.1 Å². The number of aryl methyl sites for hydroxylation is 1. The molecule has 0 saturated carbocycles. The zero-order valence-electron chi connectivity index (χ0n) is 11.2. The number of rotatable bonds is 2. The topological polar surface area (TPSA) is 15.3 Å². The Hall–Kier alpha value is -0.860. The average Bonchev–Trinajstić information content (AvgIpc) is 2.54. The van der Waals surface area contributed by atoms with Gasteiger partial charge in [-0.2, -0.15) is 0 Å². The van der Waals surface area contributed by atoms with Crippen LogP contribution in [0.2, 0.25) is 0 Å². The maximum atomic E-state index is 3.55. The van der Waals surface area contributed by atoms with Gasteiger partial charge in [-0.05, 0) is 32.8 Å². The second kappa shape index (κ2) is 5.65. The second-order valence-electron chi connectivity index (χ2n) is 5.27. The number of nitrogens with zero attached hydrogens (tertiary/aromatic N) is 1. The Morgan fingerprint density at radius 2 is 1.94 bits per heavy atom. The van der Waals surface area contributed by atoms with Gasteiger partial charge in [0.2, 0.25) is 0 Å². The Balaban J connectivity index is 2.03. The first-order valence-corrected chi connectivity index (χ1v) is 6.71. The minimum atomic E-state index is 0.530. The van der Waals surface area contributed by atoms with E-state index in [9.17, 15) is 0 Å². The van der Waals surface area contributed by atoms with Gasteiger partial charge >= 0.3 is 0 Å². The third-order valence-electron chi connectivity index (χ3n) is 3.85. The van der Waals surface area contributed by atoms with Crippen molar-refractivity contribution < 1.29 is 0 Å². The molecule has 1 aliphatic heterocycles. The molecular weight excluding hydrogens is 208 g/mol. The smallest absolute Gasteiger partial charge is 0.0320 e. The molecule has 17 heavy (non-hydrogen) atoms. The summed E-state index contributed by atoms with van der Waals surface area (Å²) in [6.45, 7) is 10.2. The molecule has 94 valence electrons. The Morgan fingerprint density at radius 1 is 1.24 bits per heavy atom. The van der Waals surface area contributed by atoms with Crippen molar-refractivity contribution in [3.8, 4) is 0 Å². The molecule has 0 radical (unpaired) electrons. The normalized spacial score (nSPS) is 24.3. The lowest BCUT2D eigenvalue weighted by Gasteiger charge is -2.27. The van der Waals surface area contributed by atoms with Gasteiger partial charge < -0.3 is 5.32 Å². The molecule has 0 amide bonds. The lowest BCUT2D eigenvalue weighted by atomic mass is 10.0. The fourth-order valence-corrected chi connectivity index (χ4v) is 2.47. The molecule has 1 aromatic carbocycles. The minimum absolute atomic E-state index is 0.530. The lowest BCUT2D eigenvalue weighted by Crippen LogP contribution is -2.31. The molecule has 2 atom stereocenters. The summed E-state index contributed by atoms with van der Waals surface area (Å²) in [5, 5.41) is 3.55. The molecule has 1 aliphatic rings. The van der Waals surface area contributed by atoms with Crippen LogP contribution < -0.4 is 5.32 Å². The van der Waals surface area contributed by atoms with Crippen LogP contribution in [0, 0.1) is 6.92 Å². The van der Waals surface area contributed by atoms with E-state index in [1.807, 2.05) is 0 Å². The highest BCUT2D eigenvalue weighted by Crippen LogP contribution is 2.21. The third-order valence-corrected chi connectivity index (χ3v) is 3.85. The Kier molecular flexibility index (Phi) is 4.19. The van der Waals surface area contributed by atoms with Gasteiger partial charge in [0.1, 0.15) is 0 Å². The van der Waals surface area contributed by atoms with E-state index in [2.05, 4.69) is 55.3 Å². The van der Waals surface area contributed by atoms with E-state index in [1.54, 1.807) is 0 Å². The van der Waals surface area contributed by atoms with Crippen molar-refractivity contribution >= 4 is 0 Å². The molecule has 2 nitrogen and oxygen atoms in total. The molecule has 1 fully saturated rings. The largest absolute Gasteiger partial charge is 0.313 e. The number of hydrogen-bond acceptors (Lipinski definition) is 2. The highest BCUT2D eigenvalue weighted by Gasteiger charge is 2.18. The van der Waals surface area contributed by atoms with Crippen molar-refractivity contribution in [1.29, 1.82) is 0 Å². The molecule has 1 saturated heterocycles. The summed E-state index contributed by atoms with van der Waals surface area (Å²) in [5.74, 6) is 0. The van der Waals surface area contributed by atoms with Crippen LogP contribution in [0.25, 0.3) is 0 Å². The van der Waals surface area contributed by atoms with Gasteiger partial charge in [0.05, 0.1) is 0 Å². The molecule has 1 N–H and O–H groups in total. The summed E-state index contributed by atoms with van der Waals surface area (Å²) < 4.78 is 0. The summed E-state index contributed by atoms with van der Waals surface area (Å²) >= 11 is 0. The highest BCUT2D eigenvalue weighted by atomic mass is 15.2. The van der Waals surface area contributed by atoms with Crippen molar-refractivity contribution in [1.82, 2.24) is 10.2 Å². The summed E-state index contributed by atoms with van der Waals surface area (Å²) in [5.41, 5.74) is 2.78. The average molecular weight is 232 g/mol. The monoisotopic (exact) mass is 232 g/mol. The maximum absolute atomic E-state index is 3.55. The predicted molar refractivity (Wildman–Crippen MR) is 73.2 cm³/mol. The van der Waals surface area contributed by atoms with Gasteiger partial charge in [-0.25, -0.2) is 0 Å². The van der Waals surface area contributed by atoms with Gasteiger partial charge in [-0.15, -0.1) is 0 Å². The Labute approximate surface area is 105 Å². The van der Waals surface area contributed by atoms with Crippen LogP contribution in [0.3, 0.4) is 0 Å². The SMILES string of the molecule is Cc1ccc(C(C)N2CCNC(C)CC2)cc1. The molecule has 0 spiro atoms. The third kappa shape index (κ3) is 3.30. The highest BCUT2D eigenvalue weighted by molar-refractivity contribution is 5.23. The van der Waals surface area contributed by atoms with Gasteiger partial charge in [-0.1, -0.05) is 29.8 Å². The van der Waals surface area contributed by atoms with Crippen molar-refractivity contribution in [2.45, 2.75) is 39.3 Å². The van der Waals surface area contributed by atoms with Gasteiger partial charge in [0.25, 0.3) is 0 Å². The summed E-state index contributed by atoms with van der Waals surface area (Å²) in [6.07, 6.45) is 1.25. The van der Waals surface area contributed by atoms with Crippen LogP contribution >= 0.6 is 0 Å². The zero-order chi connectivity index (χ0) is 12.3. The Morgan fingerprint density at radius 3 is 2.65 bits per heavy atom. The van der Waals surface area contributed by atoms with Crippen LogP contribution in [-0.4, -0.2) is 30.6 Å². The second-order valence-corrected chi connectivity index (χ2v) is 5.27. The van der Waals surface area contributed by atoms with E-state index in [4.69, 9.17) is 0 Å². The van der Waals surface area contributed by atoms with E-state index in [-0.39, 0.29) is 0 Å². The van der Waals surface area contributed by atoms with Gasteiger partial charge in [0, 0.05) is 31.7 Å². The van der Waals surface area contributed by atoms with E-state index >= 15 is 0 Å². The predicted octanol–water partition coefficient (Wildman–Crippen LogP) is 2.74. The fourth-order valence-electron chi connectivity index (χ4n) is 2.47. The van der Waals surface area contributed by atoms with Crippen LogP contribution in [-0.2, 0) is 0 Å². The molecule has 2 rings (SSSR count).